The van der Waals surface area contributed by atoms with Gasteiger partial charge in [0.2, 0.25) is 5.91 Å². The average molecular weight is 457 g/mol. The quantitative estimate of drug-likeness (QED) is 0.330. The van der Waals surface area contributed by atoms with Gasteiger partial charge in [0, 0.05) is 36.2 Å². The molecule has 2 aromatic rings. The Kier molecular flexibility index (Phi) is 8.61. The number of methoxy groups -OCH3 is 2. The average Bonchev–Trinajstić information content (AvgIpc) is 2.80. The van der Waals surface area contributed by atoms with Crippen LogP contribution in [-0.2, 0) is 23.9 Å². The molecule has 11 heteroatoms. The van der Waals surface area contributed by atoms with E-state index < -0.39 is 34.7 Å². The van der Waals surface area contributed by atoms with Gasteiger partial charge in [-0.25, -0.2) is 4.79 Å². The number of ether oxygens (including phenoxy) is 2. The molecule has 0 aliphatic carbocycles. The second-order valence-electron chi connectivity index (χ2n) is 6.97. The van der Waals surface area contributed by atoms with E-state index in [2.05, 4.69) is 10.6 Å². The molecule has 0 heterocycles. The summed E-state index contributed by atoms with van der Waals surface area (Å²) in [4.78, 5) is 59.2. The zero-order chi connectivity index (χ0) is 24.5. The summed E-state index contributed by atoms with van der Waals surface area (Å²) in [5.74, 6) is -3.40. The van der Waals surface area contributed by atoms with Gasteiger partial charge in [-0.05, 0) is 23.8 Å². The lowest BCUT2D eigenvalue weighted by Crippen LogP contribution is -2.46. The molecule has 0 bridgehead atoms. The highest BCUT2D eigenvalue weighted by atomic mass is 16.6. The number of hydrogen-bond acceptors (Lipinski definition) is 8. The number of rotatable bonds is 9. The van der Waals surface area contributed by atoms with Crippen LogP contribution < -0.4 is 10.6 Å². The van der Waals surface area contributed by atoms with Crippen LogP contribution in [0.4, 0.5) is 11.4 Å². The summed E-state index contributed by atoms with van der Waals surface area (Å²) in [6.07, 6.45) is -0.305. The van der Waals surface area contributed by atoms with Gasteiger partial charge in [-0.3, -0.25) is 24.5 Å². The molecule has 11 nitrogen and oxygen atoms in total. The van der Waals surface area contributed by atoms with Crippen LogP contribution in [0.25, 0.3) is 0 Å². The van der Waals surface area contributed by atoms with E-state index in [9.17, 15) is 29.3 Å². The molecule has 2 rings (SSSR count). The highest BCUT2D eigenvalue weighted by Gasteiger charge is 2.34. The van der Waals surface area contributed by atoms with E-state index in [1.165, 1.54) is 50.4 Å². The molecule has 0 radical (unpaired) electrons. The van der Waals surface area contributed by atoms with Crippen molar-refractivity contribution in [3.05, 3.63) is 69.8 Å². The SMILES string of the molecule is COC(=O)C[C@@H](c1ccc([N+](=O)[O-])cc1)[C@@H](NC(=O)c1cccc(NC(C)=O)c1)C(=O)OC. The smallest absolute Gasteiger partial charge is 0.329 e. The largest absolute Gasteiger partial charge is 0.469 e. The maximum atomic E-state index is 12.9. The number of nitrogens with one attached hydrogen (secondary N) is 2. The number of anilines is 1. The number of nitro groups is 1. The van der Waals surface area contributed by atoms with E-state index in [4.69, 9.17) is 9.47 Å². The number of amides is 2. The van der Waals surface area contributed by atoms with Crippen LogP contribution in [0.1, 0.15) is 35.2 Å². The summed E-state index contributed by atoms with van der Waals surface area (Å²) in [5.41, 5.74) is 0.736. The molecule has 0 saturated heterocycles. The van der Waals surface area contributed by atoms with Crippen molar-refractivity contribution in [1.29, 1.82) is 0 Å². The van der Waals surface area contributed by atoms with Crippen molar-refractivity contribution in [3.8, 4) is 0 Å². The number of nitrogens with zero attached hydrogens (tertiary/aromatic N) is 1. The maximum absolute atomic E-state index is 12.9. The van der Waals surface area contributed by atoms with Crippen LogP contribution >= 0.6 is 0 Å². The van der Waals surface area contributed by atoms with E-state index in [1.54, 1.807) is 12.1 Å². The van der Waals surface area contributed by atoms with Crippen LogP contribution in [0.3, 0.4) is 0 Å². The summed E-state index contributed by atoms with van der Waals surface area (Å²) in [5, 5.41) is 16.1. The Morgan fingerprint density at radius 3 is 2.24 bits per heavy atom. The minimum atomic E-state index is -1.31. The van der Waals surface area contributed by atoms with Gasteiger partial charge < -0.3 is 20.1 Å². The fraction of sp³-hybridized carbons (Fsp3) is 0.273. The minimum Gasteiger partial charge on any atom is -0.469 e. The fourth-order valence-corrected chi connectivity index (χ4v) is 3.15. The third-order valence-corrected chi connectivity index (χ3v) is 4.74. The van der Waals surface area contributed by atoms with Gasteiger partial charge >= 0.3 is 11.9 Å². The first-order valence-corrected chi connectivity index (χ1v) is 9.73. The van der Waals surface area contributed by atoms with Gasteiger partial charge in [0.05, 0.1) is 25.6 Å². The van der Waals surface area contributed by atoms with E-state index in [-0.39, 0.29) is 23.6 Å². The highest BCUT2D eigenvalue weighted by molar-refractivity contribution is 5.99. The van der Waals surface area contributed by atoms with Gasteiger partial charge in [0.1, 0.15) is 6.04 Å². The van der Waals surface area contributed by atoms with Crippen molar-refractivity contribution >= 4 is 35.1 Å². The molecule has 0 aliphatic rings. The molecule has 2 N–H and O–H groups in total. The number of nitro benzene ring substituents is 1. The van der Waals surface area contributed by atoms with Crippen LogP contribution in [0.5, 0.6) is 0 Å². The van der Waals surface area contributed by atoms with Gasteiger partial charge in [0.25, 0.3) is 11.6 Å². The normalized spacial score (nSPS) is 12.1. The first-order chi connectivity index (χ1) is 15.7. The third-order valence-electron chi connectivity index (χ3n) is 4.74. The lowest BCUT2D eigenvalue weighted by molar-refractivity contribution is -0.384. The number of benzene rings is 2. The molecule has 0 aromatic heterocycles. The van der Waals surface area contributed by atoms with Crippen molar-refractivity contribution in [2.75, 3.05) is 19.5 Å². The summed E-state index contributed by atoms with van der Waals surface area (Å²) >= 11 is 0. The molecule has 33 heavy (non-hydrogen) atoms. The van der Waals surface area contributed by atoms with Crippen molar-refractivity contribution in [2.24, 2.45) is 0 Å². The first kappa shape index (κ1) is 25.0. The fourth-order valence-electron chi connectivity index (χ4n) is 3.15. The predicted octanol–water partition coefficient (Wildman–Crippen LogP) is 2.17. The lowest BCUT2D eigenvalue weighted by atomic mass is 9.88. The van der Waals surface area contributed by atoms with Gasteiger partial charge in [-0.2, -0.15) is 0 Å². The summed E-state index contributed by atoms with van der Waals surface area (Å²) < 4.78 is 9.55. The molecule has 0 fully saturated rings. The Morgan fingerprint density at radius 2 is 1.70 bits per heavy atom. The molecule has 174 valence electrons. The Morgan fingerprint density at radius 1 is 1.03 bits per heavy atom. The van der Waals surface area contributed by atoms with Crippen LogP contribution in [0, 0.1) is 10.1 Å². The highest BCUT2D eigenvalue weighted by Crippen LogP contribution is 2.27. The maximum Gasteiger partial charge on any atom is 0.329 e. The second-order valence-corrected chi connectivity index (χ2v) is 6.97. The second kappa shape index (κ2) is 11.4. The number of non-ortho nitro benzene ring substituents is 1. The zero-order valence-electron chi connectivity index (χ0n) is 18.2. The molecule has 2 aromatic carbocycles. The van der Waals surface area contributed by atoms with E-state index >= 15 is 0 Å². The number of esters is 2. The Labute approximate surface area is 189 Å². The van der Waals surface area contributed by atoms with Gasteiger partial charge in [0.15, 0.2) is 0 Å². The lowest BCUT2D eigenvalue weighted by Gasteiger charge is -2.26. The molecule has 0 saturated carbocycles. The minimum absolute atomic E-state index is 0.149. The van der Waals surface area contributed by atoms with Gasteiger partial charge in [-0.15, -0.1) is 0 Å². The van der Waals surface area contributed by atoms with E-state index in [0.717, 1.165) is 7.11 Å². The molecule has 0 aliphatic heterocycles. The molecule has 0 spiro atoms. The van der Waals surface area contributed by atoms with Crippen molar-refractivity contribution in [3.63, 3.8) is 0 Å². The monoisotopic (exact) mass is 457 g/mol. The third kappa shape index (κ3) is 6.86. The standard InChI is InChI=1S/C22H23N3O8/c1-13(26)23-16-6-4-5-15(11-16)21(28)24-20(22(29)33-3)18(12-19(27)32-2)14-7-9-17(10-8-14)25(30)31/h4-11,18,20H,12H2,1-3H3,(H,23,26)(H,24,28)/t18-,20+/m0/s1. The predicted molar refractivity (Wildman–Crippen MR) is 116 cm³/mol. The zero-order valence-corrected chi connectivity index (χ0v) is 18.2. The Bertz CT molecular complexity index is 1050. The van der Waals surface area contributed by atoms with Crippen molar-refractivity contribution in [1.82, 2.24) is 5.32 Å². The number of carbonyl (C=O) groups is 4. The molecule has 0 unspecified atom stereocenters. The Hall–Kier alpha value is -4.28. The Balaban J connectivity index is 2.41. The van der Waals surface area contributed by atoms with Gasteiger partial charge in [-0.1, -0.05) is 18.2 Å². The molecular formula is C22H23N3O8. The first-order valence-electron chi connectivity index (χ1n) is 9.73. The molecule has 2 atom stereocenters. The van der Waals surface area contributed by atoms with Crippen molar-refractivity contribution in [2.45, 2.75) is 25.3 Å². The topological polar surface area (TPSA) is 154 Å². The molecular weight excluding hydrogens is 434 g/mol. The summed E-state index contributed by atoms with van der Waals surface area (Å²) in [6, 6.07) is 9.98. The van der Waals surface area contributed by atoms with E-state index in [1.807, 2.05) is 0 Å². The van der Waals surface area contributed by atoms with Crippen LogP contribution in [0.2, 0.25) is 0 Å². The van der Waals surface area contributed by atoms with Crippen LogP contribution in [-0.4, -0.2) is 48.9 Å². The summed E-state index contributed by atoms with van der Waals surface area (Å²) in [7, 11) is 2.30. The number of carbonyl (C=O) groups excluding carboxylic acids is 4. The van der Waals surface area contributed by atoms with Crippen LogP contribution in [0.15, 0.2) is 48.5 Å². The van der Waals surface area contributed by atoms with E-state index in [0.29, 0.717) is 11.3 Å². The molecule has 2 amide bonds. The summed E-state index contributed by atoms with van der Waals surface area (Å²) in [6.45, 7) is 1.32. The number of hydrogen-bond donors (Lipinski definition) is 2. The van der Waals surface area contributed by atoms with Crippen molar-refractivity contribution < 1.29 is 33.6 Å².